The van der Waals surface area contributed by atoms with Crippen LogP contribution < -0.4 is 0 Å². The predicted octanol–water partition coefficient (Wildman–Crippen LogP) is 4.28. The highest BCUT2D eigenvalue weighted by molar-refractivity contribution is 5.70. The number of pyridine rings is 1. The Balaban J connectivity index is 1.78. The number of rotatable bonds is 3. The third-order valence-electron chi connectivity index (χ3n) is 3.99. The fraction of sp³-hybridized carbons (Fsp3) is 0. The molecule has 5 nitrogen and oxygen atoms in total. The van der Waals surface area contributed by atoms with E-state index in [1.807, 2.05) is 36.4 Å². The lowest BCUT2D eigenvalue weighted by Gasteiger charge is -2.08. The van der Waals surface area contributed by atoms with Crippen LogP contribution in [0.25, 0.3) is 34.0 Å². The predicted molar refractivity (Wildman–Crippen MR) is 99.5 cm³/mol. The van der Waals surface area contributed by atoms with E-state index in [0.717, 1.165) is 0 Å². The van der Waals surface area contributed by atoms with E-state index in [0.29, 0.717) is 34.0 Å². The van der Waals surface area contributed by atoms with Crippen molar-refractivity contribution in [1.82, 2.24) is 15.0 Å². The largest absolute Gasteiger partial charge is 0.507 e. The summed E-state index contributed by atoms with van der Waals surface area (Å²) < 4.78 is 0. The van der Waals surface area contributed by atoms with Gasteiger partial charge in [-0.1, -0.05) is 30.3 Å². The molecule has 0 saturated heterocycles. The molecule has 0 fully saturated rings. The Morgan fingerprint density at radius 1 is 0.538 bits per heavy atom. The number of para-hydroxylation sites is 2. The third kappa shape index (κ3) is 2.98. The van der Waals surface area contributed by atoms with Crippen LogP contribution in [-0.2, 0) is 0 Å². The highest BCUT2D eigenvalue weighted by atomic mass is 16.3. The zero-order valence-electron chi connectivity index (χ0n) is 13.7. The van der Waals surface area contributed by atoms with Crippen LogP contribution in [0.5, 0.6) is 11.5 Å². The van der Waals surface area contributed by atoms with Crippen LogP contribution in [0, 0.1) is 0 Å². The first-order valence-corrected chi connectivity index (χ1v) is 8.09. The molecule has 0 amide bonds. The van der Waals surface area contributed by atoms with Crippen LogP contribution in [0.15, 0.2) is 79.0 Å². The van der Waals surface area contributed by atoms with Crippen LogP contribution in [0.3, 0.4) is 0 Å². The summed E-state index contributed by atoms with van der Waals surface area (Å²) in [6, 6.07) is 21.3. The lowest BCUT2D eigenvalue weighted by Crippen LogP contribution is -1.94. The van der Waals surface area contributed by atoms with E-state index in [1.165, 1.54) is 0 Å². The Labute approximate surface area is 150 Å². The minimum Gasteiger partial charge on any atom is -0.507 e. The maximum atomic E-state index is 10.1. The monoisotopic (exact) mass is 341 g/mol. The standard InChI is InChI=1S/C21H15N3O2/c25-19-10-3-1-6-14(19)16-8-5-9-17(23-16)18-12-13-22-21(24-18)15-7-2-4-11-20(15)26/h1-13,25-26H. The Morgan fingerprint density at radius 3 is 1.88 bits per heavy atom. The van der Waals surface area contributed by atoms with Crippen LogP contribution in [0.2, 0.25) is 0 Å². The van der Waals surface area contributed by atoms with Crippen molar-refractivity contribution < 1.29 is 10.2 Å². The molecule has 0 saturated carbocycles. The second-order valence-electron chi connectivity index (χ2n) is 5.71. The first-order valence-electron chi connectivity index (χ1n) is 8.09. The number of aromatic nitrogens is 3. The number of phenolic OH excluding ortho intramolecular Hbond substituents is 2. The van der Waals surface area contributed by atoms with Gasteiger partial charge in [-0.3, -0.25) is 0 Å². The van der Waals surface area contributed by atoms with Gasteiger partial charge in [0.15, 0.2) is 5.82 Å². The molecule has 0 bridgehead atoms. The molecule has 0 aliphatic heterocycles. The number of benzene rings is 2. The van der Waals surface area contributed by atoms with Crippen molar-refractivity contribution in [2.75, 3.05) is 0 Å². The number of nitrogens with zero attached hydrogens (tertiary/aromatic N) is 3. The van der Waals surface area contributed by atoms with Crippen LogP contribution in [0.1, 0.15) is 0 Å². The molecule has 0 aliphatic rings. The summed E-state index contributed by atoms with van der Waals surface area (Å²) in [4.78, 5) is 13.4. The summed E-state index contributed by atoms with van der Waals surface area (Å²) in [5.41, 5.74) is 3.17. The van der Waals surface area contributed by atoms with E-state index < -0.39 is 0 Å². The Morgan fingerprint density at radius 2 is 1.15 bits per heavy atom. The fourth-order valence-electron chi connectivity index (χ4n) is 2.71. The van der Waals surface area contributed by atoms with Crippen LogP contribution in [0.4, 0.5) is 0 Å². The van der Waals surface area contributed by atoms with Crippen molar-refractivity contribution in [2.45, 2.75) is 0 Å². The van der Waals surface area contributed by atoms with Gasteiger partial charge in [0.1, 0.15) is 11.5 Å². The molecule has 0 atom stereocenters. The molecule has 0 spiro atoms. The molecule has 4 rings (SSSR count). The van der Waals surface area contributed by atoms with Gasteiger partial charge in [-0.2, -0.15) is 0 Å². The molecule has 26 heavy (non-hydrogen) atoms. The molecular formula is C21H15N3O2. The maximum absolute atomic E-state index is 10.1. The highest BCUT2D eigenvalue weighted by Gasteiger charge is 2.11. The van der Waals surface area contributed by atoms with Crippen molar-refractivity contribution in [2.24, 2.45) is 0 Å². The molecule has 2 N–H and O–H groups in total. The van der Waals surface area contributed by atoms with Crippen molar-refractivity contribution in [1.29, 1.82) is 0 Å². The quantitative estimate of drug-likeness (QED) is 0.581. The van der Waals surface area contributed by atoms with E-state index in [1.54, 1.807) is 42.6 Å². The molecule has 0 unspecified atom stereocenters. The average Bonchev–Trinajstić information content (AvgIpc) is 2.69. The van der Waals surface area contributed by atoms with E-state index in [9.17, 15) is 10.2 Å². The average molecular weight is 341 g/mol. The fourth-order valence-corrected chi connectivity index (χ4v) is 2.71. The molecule has 0 radical (unpaired) electrons. The molecule has 2 aromatic carbocycles. The summed E-state index contributed by atoms with van der Waals surface area (Å²) in [5, 5.41) is 20.1. The molecule has 4 aromatic rings. The molecular weight excluding hydrogens is 326 g/mol. The number of hydrogen-bond acceptors (Lipinski definition) is 5. The molecule has 126 valence electrons. The number of aromatic hydroxyl groups is 2. The smallest absolute Gasteiger partial charge is 0.163 e. The topological polar surface area (TPSA) is 79.1 Å². The van der Waals surface area contributed by atoms with Gasteiger partial charge in [0.2, 0.25) is 0 Å². The van der Waals surface area contributed by atoms with Crippen molar-refractivity contribution in [3.05, 3.63) is 79.0 Å². The molecule has 0 aliphatic carbocycles. The Kier molecular flexibility index (Phi) is 4.03. The van der Waals surface area contributed by atoms with Gasteiger partial charge in [0.05, 0.1) is 22.6 Å². The van der Waals surface area contributed by atoms with Crippen molar-refractivity contribution in [3.8, 4) is 45.5 Å². The first-order chi connectivity index (χ1) is 12.7. The summed E-state index contributed by atoms with van der Waals surface area (Å²) in [6.07, 6.45) is 1.64. The van der Waals surface area contributed by atoms with E-state index in [4.69, 9.17) is 0 Å². The Bertz CT molecular complexity index is 993. The van der Waals surface area contributed by atoms with Gasteiger partial charge in [-0.15, -0.1) is 0 Å². The van der Waals surface area contributed by atoms with Gasteiger partial charge in [0, 0.05) is 11.8 Å². The van der Waals surface area contributed by atoms with Gasteiger partial charge in [-0.25, -0.2) is 15.0 Å². The van der Waals surface area contributed by atoms with E-state index in [2.05, 4.69) is 15.0 Å². The third-order valence-corrected chi connectivity index (χ3v) is 3.99. The SMILES string of the molecule is Oc1ccccc1-c1cccc(-c2ccnc(-c3ccccc3O)n2)n1. The Hall–Kier alpha value is -3.73. The minimum atomic E-state index is 0.126. The van der Waals surface area contributed by atoms with Crippen LogP contribution in [-0.4, -0.2) is 25.2 Å². The van der Waals surface area contributed by atoms with Crippen LogP contribution >= 0.6 is 0 Å². The van der Waals surface area contributed by atoms with Crippen molar-refractivity contribution in [3.63, 3.8) is 0 Å². The molecule has 2 heterocycles. The lowest BCUT2D eigenvalue weighted by atomic mass is 10.1. The van der Waals surface area contributed by atoms with Gasteiger partial charge >= 0.3 is 0 Å². The second kappa shape index (κ2) is 6.64. The highest BCUT2D eigenvalue weighted by Crippen LogP contribution is 2.30. The van der Waals surface area contributed by atoms with Gasteiger partial charge in [-0.05, 0) is 42.5 Å². The normalized spacial score (nSPS) is 10.6. The minimum absolute atomic E-state index is 0.126. The first kappa shape index (κ1) is 15.8. The van der Waals surface area contributed by atoms with Gasteiger partial charge < -0.3 is 10.2 Å². The summed E-state index contributed by atoms with van der Waals surface area (Å²) in [5.74, 6) is 0.727. The summed E-state index contributed by atoms with van der Waals surface area (Å²) in [6.45, 7) is 0. The zero-order valence-corrected chi connectivity index (χ0v) is 13.7. The summed E-state index contributed by atoms with van der Waals surface area (Å²) >= 11 is 0. The zero-order chi connectivity index (χ0) is 17.9. The second-order valence-corrected chi connectivity index (χ2v) is 5.71. The van der Waals surface area contributed by atoms with E-state index >= 15 is 0 Å². The lowest BCUT2D eigenvalue weighted by molar-refractivity contribution is 0.476. The van der Waals surface area contributed by atoms with Gasteiger partial charge in [0.25, 0.3) is 0 Å². The van der Waals surface area contributed by atoms with E-state index in [-0.39, 0.29) is 11.5 Å². The number of phenols is 2. The number of hydrogen-bond donors (Lipinski definition) is 2. The summed E-state index contributed by atoms with van der Waals surface area (Å²) in [7, 11) is 0. The molecule has 5 heteroatoms. The molecule has 2 aromatic heterocycles. The maximum Gasteiger partial charge on any atom is 0.163 e. The van der Waals surface area contributed by atoms with Crippen molar-refractivity contribution >= 4 is 0 Å².